The number of para-hydroxylation sites is 1. The van der Waals surface area contributed by atoms with Gasteiger partial charge in [0, 0.05) is 49.5 Å². The summed E-state index contributed by atoms with van der Waals surface area (Å²) in [7, 11) is 1.61. The molecule has 1 aromatic heterocycles. The van der Waals surface area contributed by atoms with Crippen LogP contribution >= 0.6 is 0 Å². The van der Waals surface area contributed by atoms with Crippen LogP contribution in [0, 0.1) is 0 Å². The third kappa shape index (κ3) is 3.71. The summed E-state index contributed by atoms with van der Waals surface area (Å²) in [5.74, 6) is -0.947. The molecule has 0 atom stereocenters. The normalized spacial score (nSPS) is 13.2. The number of aromatic nitrogens is 1. The molecule has 7 heteroatoms. The Morgan fingerprint density at radius 1 is 1.10 bits per heavy atom. The summed E-state index contributed by atoms with van der Waals surface area (Å²) in [6.45, 7) is 1.32. The zero-order chi connectivity index (χ0) is 21.1. The van der Waals surface area contributed by atoms with Gasteiger partial charge in [-0.05, 0) is 42.7 Å². The van der Waals surface area contributed by atoms with Crippen molar-refractivity contribution < 1.29 is 19.1 Å². The van der Waals surface area contributed by atoms with Gasteiger partial charge in [-0.25, -0.2) is 0 Å². The quantitative estimate of drug-likeness (QED) is 0.445. The minimum absolute atomic E-state index is 0.272. The summed E-state index contributed by atoms with van der Waals surface area (Å²) in [5.41, 5.74) is 3.07. The monoisotopic (exact) mass is 405 g/mol. The second kappa shape index (κ2) is 8.51. The summed E-state index contributed by atoms with van der Waals surface area (Å²) < 4.78 is 4.96. The van der Waals surface area contributed by atoms with E-state index in [0.717, 1.165) is 16.5 Å². The first-order chi connectivity index (χ1) is 14.6. The number of benzene rings is 2. The average molecular weight is 405 g/mol. The number of carbonyl (C=O) groups is 3. The summed E-state index contributed by atoms with van der Waals surface area (Å²) in [6, 6.07) is 12.6. The molecule has 154 valence electrons. The zero-order valence-corrected chi connectivity index (χ0v) is 16.7. The van der Waals surface area contributed by atoms with Crippen LogP contribution in [0.15, 0.2) is 48.7 Å². The van der Waals surface area contributed by atoms with Gasteiger partial charge in [0.15, 0.2) is 0 Å². The van der Waals surface area contributed by atoms with E-state index in [-0.39, 0.29) is 29.8 Å². The van der Waals surface area contributed by atoms with E-state index >= 15 is 0 Å². The molecule has 2 heterocycles. The summed E-state index contributed by atoms with van der Waals surface area (Å²) in [6.07, 6.45) is 3.17. The smallest absolute Gasteiger partial charge is 0.261 e. The van der Waals surface area contributed by atoms with Gasteiger partial charge >= 0.3 is 0 Å². The SMILES string of the molecule is COCCCNC(=O)c1ccc2c(c1)C(=O)N(CCc1c[nH]c3ccccc13)C2=O. The number of nitrogens with zero attached hydrogens (tertiary/aromatic N) is 1. The molecule has 3 aromatic rings. The predicted molar refractivity (Wildman–Crippen MR) is 113 cm³/mol. The highest BCUT2D eigenvalue weighted by molar-refractivity contribution is 6.22. The highest BCUT2D eigenvalue weighted by Crippen LogP contribution is 2.25. The molecule has 0 radical (unpaired) electrons. The molecule has 0 unspecified atom stereocenters. The minimum Gasteiger partial charge on any atom is -0.385 e. The molecule has 2 aromatic carbocycles. The fraction of sp³-hybridized carbons (Fsp3) is 0.261. The van der Waals surface area contributed by atoms with Crippen molar-refractivity contribution in [2.75, 3.05) is 26.8 Å². The van der Waals surface area contributed by atoms with Gasteiger partial charge in [-0.3, -0.25) is 19.3 Å². The minimum atomic E-state index is -0.358. The topological polar surface area (TPSA) is 91.5 Å². The molecule has 0 saturated heterocycles. The van der Waals surface area contributed by atoms with Gasteiger partial charge in [0.25, 0.3) is 17.7 Å². The Kier molecular flexibility index (Phi) is 5.63. The van der Waals surface area contributed by atoms with Crippen molar-refractivity contribution in [3.05, 3.63) is 70.9 Å². The van der Waals surface area contributed by atoms with Crippen LogP contribution in [-0.4, -0.2) is 54.4 Å². The van der Waals surface area contributed by atoms with Crippen LogP contribution in [0.25, 0.3) is 10.9 Å². The number of nitrogens with one attached hydrogen (secondary N) is 2. The standard InChI is InChI=1S/C23H23N3O4/c1-30-12-4-10-24-21(27)15-7-8-18-19(13-15)23(29)26(22(18)28)11-9-16-14-25-20-6-3-2-5-17(16)20/h2-3,5-8,13-14,25H,4,9-12H2,1H3,(H,24,27). The molecular weight excluding hydrogens is 382 g/mol. The molecule has 1 aliphatic rings. The predicted octanol–water partition coefficient (Wildman–Crippen LogP) is 2.77. The van der Waals surface area contributed by atoms with Crippen LogP contribution in [0.4, 0.5) is 0 Å². The molecule has 0 spiro atoms. The molecule has 1 aliphatic heterocycles. The molecule has 0 fully saturated rings. The van der Waals surface area contributed by atoms with Gasteiger partial charge in [-0.15, -0.1) is 0 Å². The fourth-order valence-electron chi connectivity index (χ4n) is 3.73. The number of fused-ring (bicyclic) bond motifs is 2. The number of ether oxygens (including phenoxy) is 1. The summed E-state index contributed by atoms with van der Waals surface area (Å²) in [4.78, 5) is 42.4. The second-order valence-corrected chi connectivity index (χ2v) is 7.23. The van der Waals surface area contributed by atoms with Crippen molar-refractivity contribution >= 4 is 28.6 Å². The lowest BCUT2D eigenvalue weighted by atomic mass is 10.1. The lowest BCUT2D eigenvalue weighted by molar-refractivity contribution is 0.0656. The molecule has 0 aliphatic carbocycles. The van der Waals surface area contributed by atoms with E-state index in [1.807, 2.05) is 30.5 Å². The number of amides is 3. The summed E-state index contributed by atoms with van der Waals surface area (Å²) >= 11 is 0. The molecule has 7 nitrogen and oxygen atoms in total. The van der Waals surface area contributed by atoms with Crippen LogP contribution in [0.5, 0.6) is 0 Å². The average Bonchev–Trinajstić information content (AvgIpc) is 3.28. The molecule has 30 heavy (non-hydrogen) atoms. The van der Waals surface area contributed by atoms with E-state index in [9.17, 15) is 14.4 Å². The van der Waals surface area contributed by atoms with E-state index in [2.05, 4.69) is 10.3 Å². The molecule has 0 bridgehead atoms. The Bertz CT molecular complexity index is 1120. The van der Waals surface area contributed by atoms with Crippen molar-refractivity contribution in [1.82, 2.24) is 15.2 Å². The van der Waals surface area contributed by atoms with E-state index in [1.54, 1.807) is 19.2 Å². The number of rotatable bonds is 8. The van der Waals surface area contributed by atoms with Crippen LogP contribution in [0.3, 0.4) is 0 Å². The number of hydrogen-bond donors (Lipinski definition) is 2. The highest BCUT2D eigenvalue weighted by Gasteiger charge is 2.35. The lowest BCUT2D eigenvalue weighted by Gasteiger charge is -2.13. The summed E-state index contributed by atoms with van der Waals surface area (Å²) in [5, 5.41) is 3.88. The Labute approximate surface area is 174 Å². The molecule has 0 saturated carbocycles. The Balaban J connectivity index is 1.45. The van der Waals surface area contributed by atoms with Crippen molar-refractivity contribution in [3.8, 4) is 0 Å². The first-order valence-corrected chi connectivity index (χ1v) is 9.92. The first kappa shape index (κ1) is 19.8. The van der Waals surface area contributed by atoms with E-state index in [1.165, 1.54) is 11.0 Å². The molecule has 3 amide bonds. The molecular formula is C23H23N3O4. The maximum atomic E-state index is 12.9. The van der Waals surface area contributed by atoms with Crippen molar-refractivity contribution in [2.45, 2.75) is 12.8 Å². The number of imide groups is 1. The Hall–Kier alpha value is -3.45. The van der Waals surface area contributed by atoms with Gasteiger partial charge in [0.2, 0.25) is 0 Å². The fourth-order valence-corrected chi connectivity index (χ4v) is 3.73. The van der Waals surface area contributed by atoms with Crippen LogP contribution < -0.4 is 5.32 Å². The number of carbonyl (C=O) groups excluding carboxylic acids is 3. The number of H-pyrrole nitrogens is 1. The van der Waals surface area contributed by atoms with Gasteiger partial charge in [-0.2, -0.15) is 0 Å². The van der Waals surface area contributed by atoms with Crippen LogP contribution in [0.1, 0.15) is 43.1 Å². The Morgan fingerprint density at radius 2 is 1.90 bits per heavy atom. The number of hydrogen-bond acceptors (Lipinski definition) is 4. The Morgan fingerprint density at radius 3 is 2.73 bits per heavy atom. The third-order valence-electron chi connectivity index (χ3n) is 5.32. The van der Waals surface area contributed by atoms with Crippen molar-refractivity contribution in [1.29, 1.82) is 0 Å². The highest BCUT2D eigenvalue weighted by atomic mass is 16.5. The van der Waals surface area contributed by atoms with E-state index < -0.39 is 0 Å². The van der Waals surface area contributed by atoms with Gasteiger partial charge < -0.3 is 15.0 Å². The maximum Gasteiger partial charge on any atom is 0.261 e. The van der Waals surface area contributed by atoms with Crippen molar-refractivity contribution in [2.24, 2.45) is 0 Å². The third-order valence-corrected chi connectivity index (χ3v) is 5.32. The van der Waals surface area contributed by atoms with Gasteiger partial charge in [-0.1, -0.05) is 18.2 Å². The van der Waals surface area contributed by atoms with Crippen LogP contribution in [0.2, 0.25) is 0 Å². The van der Waals surface area contributed by atoms with Gasteiger partial charge in [0.05, 0.1) is 11.1 Å². The first-order valence-electron chi connectivity index (χ1n) is 9.92. The number of methoxy groups -OCH3 is 1. The maximum absolute atomic E-state index is 12.9. The lowest BCUT2D eigenvalue weighted by Crippen LogP contribution is -2.31. The van der Waals surface area contributed by atoms with Crippen LogP contribution in [-0.2, 0) is 11.2 Å². The second-order valence-electron chi connectivity index (χ2n) is 7.23. The zero-order valence-electron chi connectivity index (χ0n) is 16.7. The van der Waals surface area contributed by atoms with E-state index in [4.69, 9.17) is 4.74 Å². The molecule has 4 rings (SSSR count). The van der Waals surface area contributed by atoms with Crippen molar-refractivity contribution in [3.63, 3.8) is 0 Å². The number of aromatic amines is 1. The van der Waals surface area contributed by atoms with E-state index in [0.29, 0.717) is 37.1 Å². The largest absolute Gasteiger partial charge is 0.385 e. The molecule has 2 N–H and O–H groups in total. The van der Waals surface area contributed by atoms with Gasteiger partial charge in [0.1, 0.15) is 0 Å².